The fourth-order valence-electron chi connectivity index (χ4n) is 2.73. The van der Waals surface area contributed by atoms with Crippen molar-refractivity contribution in [3.63, 3.8) is 0 Å². The molecule has 0 amide bonds. The molecule has 104 valence electrons. The van der Waals surface area contributed by atoms with Gasteiger partial charge in [-0.05, 0) is 36.6 Å². The van der Waals surface area contributed by atoms with Crippen LogP contribution in [0.4, 0.5) is 0 Å². The first-order valence-electron chi connectivity index (χ1n) is 6.68. The van der Waals surface area contributed by atoms with Gasteiger partial charge >= 0.3 is 5.97 Å². The molecule has 4 heteroatoms. The molecule has 1 fully saturated rings. The number of carboxylic acid groups (broad SMARTS) is 1. The van der Waals surface area contributed by atoms with E-state index >= 15 is 0 Å². The molecule has 19 heavy (non-hydrogen) atoms. The summed E-state index contributed by atoms with van der Waals surface area (Å²) in [4.78, 5) is 13.4. The number of nitrogens with zero attached hydrogens (tertiary/aromatic N) is 1. The van der Waals surface area contributed by atoms with E-state index in [0.29, 0.717) is 0 Å². The summed E-state index contributed by atoms with van der Waals surface area (Å²) in [6.07, 6.45) is 0.743. The molecule has 0 saturated carbocycles. The molecular formula is C15H21NO3. The largest absolute Gasteiger partial charge is 0.497 e. The highest BCUT2D eigenvalue weighted by atomic mass is 16.5. The van der Waals surface area contributed by atoms with Gasteiger partial charge in [0.05, 0.1) is 13.0 Å². The Morgan fingerprint density at radius 3 is 2.63 bits per heavy atom. The molecule has 2 atom stereocenters. The predicted molar refractivity (Wildman–Crippen MR) is 73.2 cm³/mol. The Bertz CT molecular complexity index is 430. The standard InChI is InChI=1S/C15H21NO3/c1-11-9-16(8-7-14(11)15(17)18)10-12-3-5-13(19-2)6-4-12/h3-6,11,14H,7-10H2,1-2H3,(H,17,18)/t11-,14-/m0/s1. The summed E-state index contributed by atoms with van der Waals surface area (Å²) >= 11 is 0. The Kier molecular flexibility index (Phi) is 4.43. The molecule has 0 aliphatic carbocycles. The van der Waals surface area contributed by atoms with Crippen molar-refractivity contribution in [3.05, 3.63) is 29.8 Å². The maximum Gasteiger partial charge on any atom is 0.306 e. The lowest BCUT2D eigenvalue weighted by Gasteiger charge is -2.34. The van der Waals surface area contributed by atoms with E-state index in [2.05, 4.69) is 17.0 Å². The van der Waals surface area contributed by atoms with Gasteiger partial charge in [-0.15, -0.1) is 0 Å². The van der Waals surface area contributed by atoms with Gasteiger partial charge in [-0.25, -0.2) is 0 Å². The first-order chi connectivity index (χ1) is 9.10. The van der Waals surface area contributed by atoms with E-state index in [-0.39, 0.29) is 11.8 Å². The Morgan fingerprint density at radius 1 is 1.42 bits per heavy atom. The Labute approximate surface area is 114 Å². The van der Waals surface area contributed by atoms with Gasteiger partial charge in [0.2, 0.25) is 0 Å². The van der Waals surface area contributed by atoms with Gasteiger partial charge < -0.3 is 9.84 Å². The molecule has 0 radical (unpaired) electrons. The van der Waals surface area contributed by atoms with Crippen LogP contribution in [0.5, 0.6) is 5.75 Å². The van der Waals surface area contributed by atoms with Crippen molar-refractivity contribution in [2.75, 3.05) is 20.2 Å². The van der Waals surface area contributed by atoms with Crippen LogP contribution in [0, 0.1) is 11.8 Å². The van der Waals surface area contributed by atoms with Crippen LogP contribution in [-0.2, 0) is 11.3 Å². The number of rotatable bonds is 4. The fraction of sp³-hybridized carbons (Fsp3) is 0.533. The Balaban J connectivity index is 1.92. The highest BCUT2D eigenvalue weighted by Gasteiger charge is 2.30. The number of likely N-dealkylation sites (tertiary alicyclic amines) is 1. The third-order valence-electron chi connectivity index (χ3n) is 3.87. The van der Waals surface area contributed by atoms with Crippen molar-refractivity contribution in [2.24, 2.45) is 11.8 Å². The van der Waals surface area contributed by atoms with Crippen LogP contribution in [0.3, 0.4) is 0 Å². The molecule has 1 heterocycles. The number of hydrogen-bond donors (Lipinski definition) is 1. The molecule has 0 unspecified atom stereocenters. The summed E-state index contributed by atoms with van der Waals surface area (Å²) in [6, 6.07) is 8.05. The lowest BCUT2D eigenvalue weighted by molar-refractivity contribution is -0.145. The number of aliphatic carboxylic acids is 1. The van der Waals surface area contributed by atoms with Crippen molar-refractivity contribution in [1.29, 1.82) is 0 Å². The summed E-state index contributed by atoms with van der Waals surface area (Å²) in [5.74, 6) is 0.231. The molecule has 1 aliphatic heterocycles. The van der Waals surface area contributed by atoms with Gasteiger partial charge in [0.15, 0.2) is 0 Å². The molecule has 0 aromatic heterocycles. The summed E-state index contributed by atoms with van der Waals surface area (Å²) in [6.45, 7) is 4.61. The number of benzene rings is 1. The molecule has 1 aromatic rings. The monoisotopic (exact) mass is 263 g/mol. The van der Waals surface area contributed by atoms with E-state index in [1.807, 2.05) is 19.1 Å². The lowest BCUT2D eigenvalue weighted by Crippen LogP contribution is -2.41. The molecule has 1 aliphatic rings. The second-order valence-corrected chi connectivity index (χ2v) is 5.29. The molecule has 1 N–H and O–H groups in total. The van der Waals surface area contributed by atoms with Crippen LogP contribution in [0.2, 0.25) is 0 Å². The number of hydrogen-bond acceptors (Lipinski definition) is 3. The molecule has 4 nitrogen and oxygen atoms in total. The number of carboxylic acids is 1. The zero-order chi connectivity index (χ0) is 13.8. The van der Waals surface area contributed by atoms with Gasteiger partial charge in [0.25, 0.3) is 0 Å². The van der Waals surface area contributed by atoms with E-state index < -0.39 is 5.97 Å². The lowest BCUT2D eigenvalue weighted by atomic mass is 9.87. The zero-order valence-corrected chi connectivity index (χ0v) is 11.5. The average Bonchev–Trinajstić information content (AvgIpc) is 2.39. The van der Waals surface area contributed by atoms with Gasteiger partial charge in [0, 0.05) is 13.1 Å². The second-order valence-electron chi connectivity index (χ2n) is 5.29. The van der Waals surface area contributed by atoms with Crippen LogP contribution in [0.1, 0.15) is 18.9 Å². The van der Waals surface area contributed by atoms with E-state index in [1.165, 1.54) is 5.56 Å². The van der Waals surface area contributed by atoms with E-state index in [4.69, 9.17) is 9.84 Å². The fourth-order valence-corrected chi connectivity index (χ4v) is 2.73. The normalized spacial score (nSPS) is 24.1. The van der Waals surface area contributed by atoms with Gasteiger partial charge in [0.1, 0.15) is 5.75 Å². The minimum atomic E-state index is -0.656. The molecule has 0 bridgehead atoms. The molecule has 1 aromatic carbocycles. The van der Waals surface area contributed by atoms with E-state index in [1.54, 1.807) is 7.11 Å². The summed E-state index contributed by atoms with van der Waals surface area (Å²) in [5, 5.41) is 9.11. The van der Waals surface area contributed by atoms with Crippen LogP contribution in [0.25, 0.3) is 0 Å². The van der Waals surface area contributed by atoms with Crippen molar-refractivity contribution in [3.8, 4) is 5.75 Å². The Morgan fingerprint density at radius 2 is 2.11 bits per heavy atom. The van der Waals surface area contributed by atoms with Crippen LogP contribution in [-0.4, -0.2) is 36.2 Å². The third-order valence-corrected chi connectivity index (χ3v) is 3.87. The molecule has 0 spiro atoms. The van der Waals surface area contributed by atoms with Gasteiger partial charge in [-0.3, -0.25) is 9.69 Å². The first kappa shape index (κ1) is 13.9. The second kappa shape index (κ2) is 6.06. The Hall–Kier alpha value is -1.55. The highest BCUT2D eigenvalue weighted by Crippen LogP contribution is 2.25. The summed E-state index contributed by atoms with van der Waals surface area (Å²) < 4.78 is 5.14. The van der Waals surface area contributed by atoms with Crippen LogP contribution in [0.15, 0.2) is 24.3 Å². The smallest absolute Gasteiger partial charge is 0.306 e. The molecular weight excluding hydrogens is 242 g/mol. The zero-order valence-electron chi connectivity index (χ0n) is 11.5. The van der Waals surface area contributed by atoms with Crippen LogP contribution < -0.4 is 4.74 Å². The van der Waals surface area contributed by atoms with Crippen molar-refractivity contribution in [2.45, 2.75) is 19.9 Å². The third kappa shape index (κ3) is 3.47. The average molecular weight is 263 g/mol. The predicted octanol–water partition coefficient (Wildman–Crippen LogP) is 2.24. The SMILES string of the molecule is COc1ccc(CN2CC[C@H](C(=O)O)[C@@H](C)C2)cc1. The van der Waals surface area contributed by atoms with Crippen molar-refractivity contribution in [1.82, 2.24) is 4.90 Å². The van der Waals surface area contributed by atoms with Crippen LogP contribution >= 0.6 is 0 Å². The van der Waals surface area contributed by atoms with E-state index in [9.17, 15) is 4.79 Å². The molecule has 1 saturated heterocycles. The number of methoxy groups -OCH3 is 1. The number of piperidine rings is 1. The van der Waals surface area contributed by atoms with Gasteiger partial charge in [-0.1, -0.05) is 19.1 Å². The highest BCUT2D eigenvalue weighted by molar-refractivity contribution is 5.70. The maximum absolute atomic E-state index is 11.1. The van der Waals surface area contributed by atoms with Crippen molar-refractivity contribution < 1.29 is 14.6 Å². The van der Waals surface area contributed by atoms with E-state index in [0.717, 1.165) is 31.8 Å². The first-order valence-corrected chi connectivity index (χ1v) is 6.68. The summed E-state index contributed by atoms with van der Waals surface area (Å²) in [5.41, 5.74) is 1.24. The summed E-state index contributed by atoms with van der Waals surface area (Å²) in [7, 11) is 1.66. The maximum atomic E-state index is 11.1. The van der Waals surface area contributed by atoms with Gasteiger partial charge in [-0.2, -0.15) is 0 Å². The molecule has 2 rings (SSSR count). The topological polar surface area (TPSA) is 49.8 Å². The number of carbonyl (C=O) groups is 1. The minimum Gasteiger partial charge on any atom is -0.497 e. The minimum absolute atomic E-state index is 0.188. The quantitative estimate of drug-likeness (QED) is 0.905. The number of ether oxygens (including phenoxy) is 1. The van der Waals surface area contributed by atoms with Crippen molar-refractivity contribution >= 4 is 5.97 Å².